The number of benzene rings is 1. The molecule has 5 heteroatoms. The summed E-state index contributed by atoms with van der Waals surface area (Å²) in [6, 6.07) is 11.1. The molecule has 1 aliphatic carbocycles. The molecule has 0 aliphatic heterocycles. The number of nitrogens with zero attached hydrogens (tertiary/aromatic N) is 1. The van der Waals surface area contributed by atoms with Crippen molar-refractivity contribution in [1.29, 1.82) is 0 Å². The second-order valence-electron chi connectivity index (χ2n) is 6.25. The first-order chi connectivity index (χ1) is 11.6. The summed E-state index contributed by atoms with van der Waals surface area (Å²) in [4.78, 5) is 16.5. The van der Waals surface area contributed by atoms with Gasteiger partial charge in [-0.1, -0.05) is 23.7 Å². The van der Waals surface area contributed by atoms with Gasteiger partial charge in [0.25, 0.3) is 5.91 Å². The molecule has 1 fully saturated rings. The van der Waals surface area contributed by atoms with Crippen LogP contribution in [0.15, 0.2) is 42.6 Å². The fraction of sp³-hybridized carbons (Fsp3) is 0.368. The highest BCUT2D eigenvalue weighted by molar-refractivity contribution is 6.30. The van der Waals surface area contributed by atoms with Crippen molar-refractivity contribution in [2.24, 2.45) is 0 Å². The SMILES string of the molecule is Cc1ccc(OC2CCC(NC(=O)c3cccc(Cl)c3)CC2)nc1. The van der Waals surface area contributed by atoms with Crippen LogP contribution in [0.3, 0.4) is 0 Å². The van der Waals surface area contributed by atoms with Gasteiger partial charge in [0.2, 0.25) is 5.88 Å². The zero-order chi connectivity index (χ0) is 16.9. The van der Waals surface area contributed by atoms with Crippen molar-refractivity contribution in [3.05, 3.63) is 58.7 Å². The summed E-state index contributed by atoms with van der Waals surface area (Å²) in [6.45, 7) is 2.00. The average Bonchev–Trinajstić information content (AvgIpc) is 2.59. The first-order valence-electron chi connectivity index (χ1n) is 8.26. The molecular formula is C19H21ClN2O2. The number of hydrogen-bond donors (Lipinski definition) is 1. The second-order valence-corrected chi connectivity index (χ2v) is 6.69. The van der Waals surface area contributed by atoms with E-state index in [1.807, 2.05) is 25.3 Å². The smallest absolute Gasteiger partial charge is 0.251 e. The first kappa shape index (κ1) is 16.8. The molecule has 126 valence electrons. The Hall–Kier alpha value is -2.07. The molecule has 3 rings (SSSR count). The minimum Gasteiger partial charge on any atom is -0.474 e. The fourth-order valence-electron chi connectivity index (χ4n) is 2.92. The Labute approximate surface area is 147 Å². The quantitative estimate of drug-likeness (QED) is 0.905. The Bertz CT molecular complexity index is 695. The molecule has 1 aromatic heterocycles. The Morgan fingerprint density at radius 2 is 2.00 bits per heavy atom. The third-order valence-electron chi connectivity index (χ3n) is 4.27. The third kappa shape index (κ3) is 4.48. The van der Waals surface area contributed by atoms with Crippen LogP contribution in [0.2, 0.25) is 5.02 Å². The van der Waals surface area contributed by atoms with E-state index < -0.39 is 0 Å². The molecular weight excluding hydrogens is 324 g/mol. The molecule has 0 atom stereocenters. The highest BCUT2D eigenvalue weighted by atomic mass is 35.5. The van der Waals surface area contributed by atoms with Gasteiger partial charge in [0, 0.05) is 28.9 Å². The van der Waals surface area contributed by atoms with Crippen molar-refractivity contribution in [2.75, 3.05) is 0 Å². The molecule has 24 heavy (non-hydrogen) atoms. The average molecular weight is 345 g/mol. The van der Waals surface area contributed by atoms with Crippen molar-refractivity contribution in [3.8, 4) is 5.88 Å². The van der Waals surface area contributed by atoms with Gasteiger partial charge in [-0.15, -0.1) is 0 Å². The van der Waals surface area contributed by atoms with E-state index >= 15 is 0 Å². The zero-order valence-electron chi connectivity index (χ0n) is 13.7. The van der Waals surface area contributed by atoms with Crippen molar-refractivity contribution in [1.82, 2.24) is 10.3 Å². The molecule has 0 saturated heterocycles. The van der Waals surface area contributed by atoms with E-state index in [1.54, 1.807) is 24.3 Å². The summed E-state index contributed by atoms with van der Waals surface area (Å²) < 4.78 is 5.92. The number of ether oxygens (including phenoxy) is 1. The lowest BCUT2D eigenvalue weighted by atomic mass is 9.92. The van der Waals surface area contributed by atoms with Crippen molar-refractivity contribution in [2.45, 2.75) is 44.8 Å². The van der Waals surface area contributed by atoms with E-state index in [4.69, 9.17) is 16.3 Å². The maximum absolute atomic E-state index is 12.3. The topological polar surface area (TPSA) is 51.2 Å². The lowest BCUT2D eigenvalue weighted by molar-refractivity contribution is 0.0890. The van der Waals surface area contributed by atoms with Crippen LogP contribution in [0.1, 0.15) is 41.6 Å². The molecule has 1 amide bonds. The number of amides is 1. The van der Waals surface area contributed by atoms with Crippen LogP contribution in [-0.4, -0.2) is 23.0 Å². The third-order valence-corrected chi connectivity index (χ3v) is 4.50. The standard InChI is InChI=1S/C19H21ClN2O2/c1-13-5-10-18(21-12-13)24-17-8-6-16(7-9-17)22-19(23)14-3-2-4-15(20)11-14/h2-5,10-12,16-17H,6-9H2,1H3,(H,22,23). The summed E-state index contributed by atoms with van der Waals surface area (Å²) in [5.74, 6) is 0.606. The number of rotatable bonds is 4. The molecule has 1 N–H and O–H groups in total. The Kier molecular flexibility index (Phi) is 5.36. The summed E-state index contributed by atoms with van der Waals surface area (Å²) in [6.07, 6.45) is 5.61. The van der Waals surface area contributed by atoms with Crippen molar-refractivity contribution < 1.29 is 9.53 Å². The molecule has 2 aromatic rings. The van der Waals surface area contributed by atoms with Crippen molar-refractivity contribution in [3.63, 3.8) is 0 Å². The zero-order valence-corrected chi connectivity index (χ0v) is 14.4. The largest absolute Gasteiger partial charge is 0.474 e. The van der Waals surface area contributed by atoms with Crippen molar-refractivity contribution >= 4 is 17.5 Å². The molecule has 1 heterocycles. The number of nitrogens with one attached hydrogen (secondary N) is 1. The van der Waals surface area contributed by atoms with E-state index in [1.165, 1.54) is 0 Å². The maximum Gasteiger partial charge on any atom is 0.251 e. The summed E-state index contributed by atoms with van der Waals surface area (Å²) >= 11 is 5.94. The number of hydrogen-bond acceptors (Lipinski definition) is 3. The van der Waals surface area contributed by atoms with Crippen LogP contribution >= 0.6 is 11.6 Å². The number of halogens is 1. The van der Waals surface area contributed by atoms with Gasteiger partial charge in [-0.25, -0.2) is 4.98 Å². The molecule has 1 aromatic carbocycles. The van der Waals surface area contributed by atoms with Gasteiger partial charge in [-0.05, 0) is 56.4 Å². The molecule has 0 radical (unpaired) electrons. The van der Waals surface area contributed by atoms with Crippen LogP contribution in [0, 0.1) is 6.92 Å². The van der Waals surface area contributed by atoms with E-state index in [0.717, 1.165) is 31.2 Å². The lowest BCUT2D eigenvalue weighted by Gasteiger charge is -2.29. The Morgan fingerprint density at radius 3 is 2.67 bits per heavy atom. The van der Waals surface area contributed by atoms with Gasteiger partial charge < -0.3 is 10.1 Å². The minimum atomic E-state index is -0.0675. The summed E-state index contributed by atoms with van der Waals surface area (Å²) in [5.41, 5.74) is 1.72. The number of aromatic nitrogens is 1. The monoisotopic (exact) mass is 344 g/mol. The van der Waals surface area contributed by atoms with Gasteiger partial charge in [0.05, 0.1) is 0 Å². The summed E-state index contributed by atoms with van der Waals surface area (Å²) in [5, 5.41) is 3.66. The highest BCUT2D eigenvalue weighted by Gasteiger charge is 2.24. The molecule has 4 nitrogen and oxygen atoms in total. The molecule has 1 saturated carbocycles. The first-order valence-corrected chi connectivity index (χ1v) is 8.64. The van der Waals surface area contributed by atoms with Crippen LogP contribution in [0.25, 0.3) is 0 Å². The van der Waals surface area contributed by atoms with Gasteiger partial charge in [-0.2, -0.15) is 0 Å². The predicted molar refractivity (Wildman–Crippen MR) is 94.6 cm³/mol. The maximum atomic E-state index is 12.3. The van der Waals surface area contributed by atoms with Gasteiger partial charge in [0.1, 0.15) is 6.10 Å². The molecule has 0 bridgehead atoms. The fourth-order valence-corrected chi connectivity index (χ4v) is 3.11. The van der Waals surface area contributed by atoms with Gasteiger partial charge in [0.15, 0.2) is 0 Å². The van der Waals surface area contributed by atoms with E-state index in [0.29, 0.717) is 16.5 Å². The molecule has 0 unspecified atom stereocenters. The predicted octanol–water partition coefficient (Wildman–Crippen LogP) is 4.16. The number of carbonyl (C=O) groups is 1. The van der Waals surface area contributed by atoms with E-state index in [9.17, 15) is 4.79 Å². The summed E-state index contributed by atoms with van der Waals surface area (Å²) in [7, 11) is 0. The minimum absolute atomic E-state index is 0.0675. The van der Waals surface area contributed by atoms with Crippen LogP contribution in [-0.2, 0) is 0 Å². The second kappa shape index (κ2) is 7.67. The lowest BCUT2D eigenvalue weighted by Crippen LogP contribution is -2.39. The molecule has 0 spiro atoms. The Morgan fingerprint density at radius 1 is 1.21 bits per heavy atom. The van der Waals surface area contributed by atoms with Crippen LogP contribution < -0.4 is 10.1 Å². The Balaban J connectivity index is 1.48. The van der Waals surface area contributed by atoms with E-state index in [2.05, 4.69) is 10.3 Å². The van der Waals surface area contributed by atoms with Crippen LogP contribution in [0.5, 0.6) is 5.88 Å². The van der Waals surface area contributed by atoms with Gasteiger partial charge >= 0.3 is 0 Å². The normalized spacial score (nSPS) is 20.4. The van der Waals surface area contributed by atoms with Crippen LogP contribution in [0.4, 0.5) is 0 Å². The highest BCUT2D eigenvalue weighted by Crippen LogP contribution is 2.23. The van der Waals surface area contributed by atoms with Gasteiger partial charge in [-0.3, -0.25) is 4.79 Å². The molecule has 1 aliphatic rings. The number of carbonyl (C=O) groups excluding carboxylic acids is 1. The number of aryl methyl sites for hydroxylation is 1. The van der Waals surface area contributed by atoms with E-state index in [-0.39, 0.29) is 18.1 Å². The number of pyridine rings is 1.